The fourth-order valence-electron chi connectivity index (χ4n) is 1.72. The number of amides is 1. The van der Waals surface area contributed by atoms with E-state index in [4.69, 9.17) is 5.11 Å². The van der Waals surface area contributed by atoms with Gasteiger partial charge in [-0.05, 0) is 31.0 Å². The Kier molecular flexibility index (Phi) is 6.70. The number of rotatable bonds is 5. The molecule has 102 valence electrons. The third-order valence-electron chi connectivity index (χ3n) is 2.83. The van der Waals surface area contributed by atoms with Crippen LogP contribution in [0.25, 0.3) is 0 Å². The molecule has 2 N–H and O–H groups in total. The summed E-state index contributed by atoms with van der Waals surface area (Å²) in [5, 5.41) is 11.6. The summed E-state index contributed by atoms with van der Waals surface area (Å²) in [5.74, 6) is 5.48. The Balaban J connectivity index is 2.68. The molecule has 1 amide bonds. The van der Waals surface area contributed by atoms with Gasteiger partial charge in [0, 0.05) is 17.7 Å². The Bertz CT molecular complexity index is 483. The smallest absolute Gasteiger partial charge is 0.224 e. The lowest BCUT2D eigenvalue weighted by atomic mass is 10.1. The molecular weight excluding hydrogens is 238 g/mol. The Morgan fingerprint density at radius 2 is 2.16 bits per heavy atom. The van der Waals surface area contributed by atoms with Gasteiger partial charge in [0.25, 0.3) is 0 Å². The highest BCUT2D eigenvalue weighted by Crippen LogP contribution is 2.17. The van der Waals surface area contributed by atoms with Crippen LogP contribution in [0, 0.1) is 18.8 Å². The van der Waals surface area contributed by atoms with E-state index in [1.807, 2.05) is 25.1 Å². The number of aliphatic hydroxyl groups excluding tert-OH is 1. The van der Waals surface area contributed by atoms with E-state index in [1.54, 1.807) is 0 Å². The largest absolute Gasteiger partial charge is 0.384 e. The van der Waals surface area contributed by atoms with Crippen LogP contribution >= 0.6 is 0 Å². The lowest BCUT2D eigenvalue weighted by Crippen LogP contribution is -2.12. The second kappa shape index (κ2) is 8.34. The molecular formula is C16H21NO2. The van der Waals surface area contributed by atoms with Gasteiger partial charge in [-0.3, -0.25) is 4.79 Å². The average molecular weight is 259 g/mol. The third-order valence-corrected chi connectivity index (χ3v) is 2.83. The van der Waals surface area contributed by atoms with Gasteiger partial charge in [-0.15, -0.1) is 0 Å². The van der Waals surface area contributed by atoms with Crippen LogP contribution in [-0.4, -0.2) is 17.6 Å². The van der Waals surface area contributed by atoms with Crippen LogP contribution in [0.2, 0.25) is 0 Å². The first-order valence-corrected chi connectivity index (χ1v) is 6.67. The Morgan fingerprint density at radius 3 is 2.84 bits per heavy atom. The van der Waals surface area contributed by atoms with E-state index in [0.29, 0.717) is 6.42 Å². The van der Waals surface area contributed by atoms with Gasteiger partial charge in [-0.2, -0.15) is 0 Å². The molecule has 0 spiro atoms. The number of aryl methyl sites for hydroxylation is 1. The molecule has 19 heavy (non-hydrogen) atoms. The second-order valence-corrected chi connectivity index (χ2v) is 4.49. The van der Waals surface area contributed by atoms with Gasteiger partial charge in [-0.1, -0.05) is 37.7 Å². The van der Waals surface area contributed by atoms with Crippen LogP contribution in [0.15, 0.2) is 18.2 Å². The molecule has 1 rings (SSSR count). The number of anilines is 1. The second-order valence-electron chi connectivity index (χ2n) is 4.49. The van der Waals surface area contributed by atoms with Crippen LogP contribution in [0.3, 0.4) is 0 Å². The van der Waals surface area contributed by atoms with E-state index >= 15 is 0 Å². The normalized spacial score (nSPS) is 9.63. The minimum absolute atomic E-state index is 0.0452. The predicted octanol–water partition coefficient (Wildman–Crippen LogP) is 2.86. The van der Waals surface area contributed by atoms with Gasteiger partial charge in [0.1, 0.15) is 6.61 Å². The molecule has 3 heteroatoms. The van der Waals surface area contributed by atoms with Gasteiger partial charge >= 0.3 is 0 Å². The van der Waals surface area contributed by atoms with E-state index in [-0.39, 0.29) is 12.5 Å². The highest BCUT2D eigenvalue weighted by Gasteiger charge is 2.05. The third kappa shape index (κ3) is 5.58. The minimum atomic E-state index is -0.160. The van der Waals surface area contributed by atoms with Crippen LogP contribution in [0.1, 0.15) is 43.7 Å². The number of carbonyl (C=O) groups excluding carboxylic acids is 1. The van der Waals surface area contributed by atoms with Crippen LogP contribution < -0.4 is 5.32 Å². The van der Waals surface area contributed by atoms with Crippen molar-refractivity contribution in [3.8, 4) is 11.8 Å². The molecule has 0 bridgehead atoms. The van der Waals surface area contributed by atoms with Crippen molar-refractivity contribution in [2.45, 2.75) is 39.5 Å². The monoisotopic (exact) mass is 259 g/mol. The number of unbranched alkanes of at least 4 members (excludes halogenated alkanes) is 2. The molecule has 0 saturated carbocycles. The van der Waals surface area contributed by atoms with E-state index in [9.17, 15) is 4.79 Å². The van der Waals surface area contributed by atoms with Crippen molar-refractivity contribution in [3.05, 3.63) is 29.3 Å². The SMILES string of the molecule is CCCCCC(=O)Nc1cc(C#CCO)ccc1C. The summed E-state index contributed by atoms with van der Waals surface area (Å²) >= 11 is 0. The van der Waals surface area contributed by atoms with E-state index in [2.05, 4.69) is 24.1 Å². The molecule has 1 aromatic rings. The molecule has 0 aliphatic rings. The summed E-state index contributed by atoms with van der Waals surface area (Å²) in [6, 6.07) is 5.64. The summed E-state index contributed by atoms with van der Waals surface area (Å²) in [6.45, 7) is 3.91. The first-order chi connectivity index (χ1) is 9.17. The first kappa shape index (κ1) is 15.3. The van der Waals surface area contributed by atoms with Gasteiger partial charge in [-0.25, -0.2) is 0 Å². The number of benzene rings is 1. The first-order valence-electron chi connectivity index (χ1n) is 6.67. The zero-order valence-corrected chi connectivity index (χ0v) is 11.6. The zero-order chi connectivity index (χ0) is 14.1. The molecule has 0 fully saturated rings. The highest BCUT2D eigenvalue weighted by atomic mass is 16.2. The summed E-state index contributed by atoms with van der Waals surface area (Å²) < 4.78 is 0. The van der Waals surface area contributed by atoms with Gasteiger partial charge < -0.3 is 10.4 Å². The summed E-state index contributed by atoms with van der Waals surface area (Å²) in [6.07, 6.45) is 3.66. The summed E-state index contributed by atoms with van der Waals surface area (Å²) in [7, 11) is 0. The molecule has 0 aliphatic carbocycles. The van der Waals surface area contributed by atoms with E-state index < -0.39 is 0 Å². The molecule has 0 aliphatic heterocycles. The van der Waals surface area contributed by atoms with Crippen LogP contribution in [0.5, 0.6) is 0 Å². The number of aliphatic hydroxyl groups is 1. The summed E-state index contributed by atoms with van der Waals surface area (Å²) in [4.78, 5) is 11.8. The molecule has 0 radical (unpaired) electrons. The molecule has 0 unspecified atom stereocenters. The van der Waals surface area contributed by atoms with Crippen molar-refractivity contribution in [3.63, 3.8) is 0 Å². The Labute approximate surface area is 115 Å². The molecule has 0 saturated heterocycles. The van der Waals surface area contributed by atoms with Gasteiger partial charge in [0.05, 0.1) is 0 Å². The lowest BCUT2D eigenvalue weighted by Gasteiger charge is -2.08. The minimum Gasteiger partial charge on any atom is -0.384 e. The molecule has 0 atom stereocenters. The molecule has 1 aromatic carbocycles. The van der Waals surface area contributed by atoms with E-state index in [1.165, 1.54) is 0 Å². The fraction of sp³-hybridized carbons (Fsp3) is 0.438. The Hall–Kier alpha value is -1.79. The maximum Gasteiger partial charge on any atom is 0.224 e. The van der Waals surface area contributed by atoms with Crippen molar-refractivity contribution < 1.29 is 9.90 Å². The number of nitrogens with one attached hydrogen (secondary N) is 1. The maximum atomic E-state index is 11.8. The fourth-order valence-corrected chi connectivity index (χ4v) is 1.72. The maximum absolute atomic E-state index is 11.8. The molecule has 0 heterocycles. The van der Waals surface area contributed by atoms with Gasteiger partial charge in [0.15, 0.2) is 0 Å². The van der Waals surface area contributed by atoms with Gasteiger partial charge in [0.2, 0.25) is 5.91 Å². The predicted molar refractivity (Wildman–Crippen MR) is 77.9 cm³/mol. The number of carbonyl (C=O) groups is 1. The average Bonchev–Trinajstić information content (AvgIpc) is 2.40. The number of hydrogen-bond acceptors (Lipinski definition) is 2. The van der Waals surface area contributed by atoms with Crippen molar-refractivity contribution in [2.75, 3.05) is 11.9 Å². The standard InChI is InChI=1S/C16H21NO2/c1-3-4-5-8-16(19)17-15-12-14(7-6-11-18)10-9-13(15)2/h9-10,12,18H,3-5,8,11H2,1-2H3,(H,17,19). The topological polar surface area (TPSA) is 49.3 Å². The highest BCUT2D eigenvalue weighted by molar-refractivity contribution is 5.91. The van der Waals surface area contributed by atoms with Crippen molar-refractivity contribution in [1.82, 2.24) is 0 Å². The molecule has 3 nitrogen and oxygen atoms in total. The van der Waals surface area contributed by atoms with Crippen LogP contribution in [0.4, 0.5) is 5.69 Å². The van der Waals surface area contributed by atoms with Crippen molar-refractivity contribution in [1.29, 1.82) is 0 Å². The van der Waals surface area contributed by atoms with Crippen LogP contribution in [-0.2, 0) is 4.79 Å². The summed E-state index contributed by atoms with van der Waals surface area (Å²) in [5.41, 5.74) is 2.60. The quantitative estimate of drug-likeness (QED) is 0.631. The zero-order valence-electron chi connectivity index (χ0n) is 11.6. The van der Waals surface area contributed by atoms with Crippen molar-refractivity contribution >= 4 is 11.6 Å². The Morgan fingerprint density at radius 1 is 1.37 bits per heavy atom. The van der Waals surface area contributed by atoms with E-state index in [0.717, 1.165) is 36.1 Å². The number of hydrogen-bond donors (Lipinski definition) is 2. The van der Waals surface area contributed by atoms with Crippen molar-refractivity contribution in [2.24, 2.45) is 0 Å². The molecule has 0 aromatic heterocycles. The lowest BCUT2D eigenvalue weighted by molar-refractivity contribution is -0.116.